The lowest BCUT2D eigenvalue weighted by Crippen LogP contribution is -2.42. The molecule has 1 aromatic carbocycles. The van der Waals surface area contributed by atoms with Crippen LogP contribution in [0.2, 0.25) is 0 Å². The van der Waals surface area contributed by atoms with Gasteiger partial charge in [0.1, 0.15) is 5.78 Å². The summed E-state index contributed by atoms with van der Waals surface area (Å²) in [6.45, 7) is 2.20. The van der Waals surface area contributed by atoms with Crippen LogP contribution in [0.4, 0.5) is 0 Å². The third-order valence-corrected chi connectivity index (χ3v) is 7.70. The van der Waals surface area contributed by atoms with Gasteiger partial charge in [-0.3, -0.25) is 14.4 Å². The molecule has 3 heteroatoms. The zero-order valence-electron chi connectivity index (χ0n) is 15.7. The molecular weight excluding hydrogens is 336 g/mol. The van der Waals surface area contributed by atoms with Crippen LogP contribution in [0.5, 0.6) is 0 Å². The summed E-state index contributed by atoms with van der Waals surface area (Å²) in [5.41, 5.74) is 3.99. The van der Waals surface area contributed by atoms with Crippen molar-refractivity contribution in [2.75, 3.05) is 0 Å². The van der Waals surface area contributed by atoms with E-state index in [9.17, 15) is 14.4 Å². The van der Waals surface area contributed by atoms with Gasteiger partial charge in [0, 0.05) is 17.4 Å². The van der Waals surface area contributed by atoms with E-state index in [-0.39, 0.29) is 17.0 Å². The number of carbonyl (C=O) groups is 3. The minimum absolute atomic E-state index is 0.0926. The molecule has 1 aromatic rings. The molecule has 2 saturated carbocycles. The van der Waals surface area contributed by atoms with Gasteiger partial charge >= 0.3 is 0 Å². The normalized spacial score (nSPS) is 34.8. The van der Waals surface area contributed by atoms with Crippen LogP contribution in [0.3, 0.4) is 0 Å². The molecule has 3 nitrogen and oxygen atoms in total. The number of allylic oxidation sites excluding steroid dienone is 4. The Morgan fingerprint density at radius 2 is 1.85 bits per heavy atom. The average Bonchev–Trinajstić information content (AvgIpc) is 2.98. The lowest BCUT2D eigenvalue weighted by molar-refractivity contribution is -0.129. The van der Waals surface area contributed by atoms with Crippen molar-refractivity contribution < 1.29 is 14.4 Å². The van der Waals surface area contributed by atoms with Gasteiger partial charge in [0.25, 0.3) is 0 Å². The zero-order valence-corrected chi connectivity index (χ0v) is 15.7. The van der Waals surface area contributed by atoms with Crippen LogP contribution in [0.1, 0.15) is 61.6 Å². The second-order valence-corrected chi connectivity index (χ2v) is 8.91. The molecule has 0 radical (unpaired) electrons. The molecule has 2 fully saturated rings. The average molecular weight is 360 g/mol. The van der Waals surface area contributed by atoms with Gasteiger partial charge in [-0.1, -0.05) is 25.1 Å². The molecule has 0 aromatic heterocycles. The number of carbonyl (C=O) groups excluding carboxylic acids is 3. The molecule has 138 valence electrons. The highest BCUT2D eigenvalue weighted by Crippen LogP contribution is 2.59. The minimum atomic E-state index is -0.125. The first-order valence-electron chi connectivity index (χ1n) is 10.1. The second-order valence-electron chi connectivity index (χ2n) is 8.91. The van der Waals surface area contributed by atoms with Crippen LogP contribution in [0, 0.1) is 17.3 Å². The van der Waals surface area contributed by atoms with Crippen molar-refractivity contribution in [3.05, 3.63) is 53.1 Å². The highest BCUT2D eigenvalue weighted by atomic mass is 16.1. The smallest absolute Gasteiger partial charge is 0.186 e. The van der Waals surface area contributed by atoms with E-state index >= 15 is 0 Å². The fraction of sp³-hybridized carbons (Fsp3) is 0.458. The monoisotopic (exact) mass is 360 g/mol. The Labute approximate surface area is 159 Å². The van der Waals surface area contributed by atoms with Crippen molar-refractivity contribution in [3.8, 4) is 0 Å². The Morgan fingerprint density at radius 1 is 1.00 bits per heavy atom. The molecule has 4 aliphatic rings. The number of hydrogen-bond donors (Lipinski definition) is 0. The second kappa shape index (κ2) is 5.85. The van der Waals surface area contributed by atoms with E-state index in [4.69, 9.17) is 0 Å². The Bertz CT molecular complexity index is 935. The topological polar surface area (TPSA) is 51.2 Å². The van der Waals surface area contributed by atoms with E-state index in [0.29, 0.717) is 29.1 Å². The summed E-state index contributed by atoms with van der Waals surface area (Å²) in [5, 5.41) is 0. The van der Waals surface area contributed by atoms with Crippen molar-refractivity contribution in [1.82, 2.24) is 0 Å². The largest absolute Gasteiger partial charge is 0.299 e. The molecule has 0 bridgehead atoms. The Kier molecular flexibility index (Phi) is 3.65. The number of fused-ring (bicyclic) bond motifs is 5. The highest BCUT2D eigenvalue weighted by Gasteiger charge is 2.54. The van der Waals surface area contributed by atoms with Crippen molar-refractivity contribution in [2.24, 2.45) is 17.3 Å². The summed E-state index contributed by atoms with van der Waals surface area (Å²) in [6, 6.07) is 6.30. The number of ketones is 3. The first kappa shape index (κ1) is 16.9. The molecule has 0 unspecified atom stereocenters. The van der Waals surface area contributed by atoms with Crippen LogP contribution in [-0.4, -0.2) is 17.3 Å². The predicted octanol–water partition coefficient (Wildman–Crippen LogP) is 4.20. The van der Waals surface area contributed by atoms with Gasteiger partial charge in [-0.25, -0.2) is 0 Å². The summed E-state index contributed by atoms with van der Waals surface area (Å²) < 4.78 is 0. The summed E-state index contributed by atoms with van der Waals surface area (Å²) in [4.78, 5) is 36.3. The molecule has 0 amide bonds. The number of Topliss-reactive ketones (excluding diaryl/α,β-unsaturated/α-hetero) is 1. The molecule has 0 aliphatic heterocycles. The Morgan fingerprint density at radius 3 is 2.70 bits per heavy atom. The van der Waals surface area contributed by atoms with E-state index in [1.807, 2.05) is 6.07 Å². The summed E-state index contributed by atoms with van der Waals surface area (Å²) in [7, 11) is 0. The lowest BCUT2D eigenvalue weighted by atomic mass is 9.55. The van der Waals surface area contributed by atoms with E-state index in [1.54, 1.807) is 0 Å². The van der Waals surface area contributed by atoms with Gasteiger partial charge in [0.15, 0.2) is 11.6 Å². The molecule has 27 heavy (non-hydrogen) atoms. The van der Waals surface area contributed by atoms with E-state index in [2.05, 4.69) is 19.1 Å². The van der Waals surface area contributed by atoms with Gasteiger partial charge in [0.05, 0.1) is 0 Å². The van der Waals surface area contributed by atoms with Crippen molar-refractivity contribution in [3.63, 3.8) is 0 Å². The van der Waals surface area contributed by atoms with Crippen molar-refractivity contribution in [2.45, 2.75) is 51.4 Å². The molecule has 4 aliphatic carbocycles. The quantitative estimate of drug-likeness (QED) is 0.705. The molecule has 0 N–H and O–H groups in total. The van der Waals surface area contributed by atoms with Gasteiger partial charge in [-0.2, -0.15) is 0 Å². The molecule has 0 heterocycles. The zero-order chi connectivity index (χ0) is 18.8. The maximum atomic E-state index is 12.5. The standard InChI is InChI=1S/C24H24O3/c1-24-11-10-18-17-5-2-15(20-13-16(25)4-8-22(20)26)12-14(17)3-6-19(18)21(24)7-9-23(24)27/h2,4-5,8,12-13,18-19,21H,3,6-7,9-11H2,1H3/t18-,19-,21+,24+/m1/s1. The summed E-state index contributed by atoms with van der Waals surface area (Å²) in [5.74, 6) is 1.92. The Balaban J connectivity index is 1.48. The van der Waals surface area contributed by atoms with Crippen LogP contribution in [0.25, 0.3) is 5.57 Å². The van der Waals surface area contributed by atoms with Gasteiger partial charge < -0.3 is 0 Å². The summed E-state index contributed by atoms with van der Waals surface area (Å²) >= 11 is 0. The van der Waals surface area contributed by atoms with Gasteiger partial charge in [-0.15, -0.1) is 0 Å². The molecule has 0 spiro atoms. The lowest BCUT2D eigenvalue weighted by Gasteiger charge is -2.48. The first-order chi connectivity index (χ1) is 13.0. The van der Waals surface area contributed by atoms with Crippen LogP contribution < -0.4 is 0 Å². The maximum absolute atomic E-state index is 12.5. The number of benzene rings is 1. The van der Waals surface area contributed by atoms with Crippen molar-refractivity contribution >= 4 is 22.9 Å². The maximum Gasteiger partial charge on any atom is 0.186 e. The SMILES string of the molecule is C[C@]12CC[C@@H]3c4ccc(C5=CC(=O)C=CC5=O)cc4CC[C@H]3[C@@H]1CCC2=O. The van der Waals surface area contributed by atoms with E-state index < -0.39 is 0 Å². The van der Waals surface area contributed by atoms with E-state index in [1.165, 1.54) is 29.4 Å². The number of aryl methyl sites for hydroxylation is 1. The highest BCUT2D eigenvalue weighted by molar-refractivity contribution is 6.33. The third-order valence-electron chi connectivity index (χ3n) is 7.70. The fourth-order valence-electron chi connectivity index (χ4n) is 6.26. The minimum Gasteiger partial charge on any atom is -0.299 e. The summed E-state index contributed by atoms with van der Waals surface area (Å²) in [6.07, 6.45) is 10.2. The molecule has 0 saturated heterocycles. The number of hydrogen-bond acceptors (Lipinski definition) is 3. The van der Waals surface area contributed by atoms with Gasteiger partial charge in [-0.05, 0) is 84.8 Å². The van der Waals surface area contributed by atoms with Gasteiger partial charge in [0.2, 0.25) is 0 Å². The van der Waals surface area contributed by atoms with Crippen LogP contribution in [-0.2, 0) is 20.8 Å². The van der Waals surface area contributed by atoms with Crippen LogP contribution in [0.15, 0.2) is 36.4 Å². The fourth-order valence-corrected chi connectivity index (χ4v) is 6.26. The van der Waals surface area contributed by atoms with Crippen LogP contribution >= 0.6 is 0 Å². The number of rotatable bonds is 1. The Hall–Kier alpha value is -2.29. The third kappa shape index (κ3) is 2.44. The van der Waals surface area contributed by atoms with E-state index in [0.717, 1.165) is 44.1 Å². The van der Waals surface area contributed by atoms with Crippen molar-refractivity contribution in [1.29, 1.82) is 0 Å². The molecule has 5 rings (SSSR count). The predicted molar refractivity (Wildman–Crippen MR) is 103 cm³/mol. The first-order valence-corrected chi connectivity index (χ1v) is 10.1. The molecule has 4 atom stereocenters. The molecular formula is C24H24O3.